The molecule has 13 heteroatoms. The van der Waals surface area contributed by atoms with Crippen LogP contribution >= 0.6 is 0 Å². The van der Waals surface area contributed by atoms with Crippen molar-refractivity contribution in [3.63, 3.8) is 0 Å². The summed E-state index contributed by atoms with van der Waals surface area (Å²) >= 11 is 0. The minimum absolute atomic E-state index is 0.0138. The molecule has 0 aromatic carbocycles. The van der Waals surface area contributed by atoms with Gasteiger partial charge in [-0.05, 0) is 18.3 Å². The van der Waals surface area contributed by atoms with Gasteiger partial charge in [0.05, 0.1) is 18.8 Å². The Bertz CT molecular complexity index is 874. The molecule has 5 unspecified atom stereocenters. The van der Waals surface area contributed by atoms with Crippen LogP contribution in [0, 0.1) is 11.8 Å². The van der Waals surface area contributed by atoms with E-state index in [-0.39, 0.29) is 18.8 Å². The van der Waals surface area contributed by atoms with Crippen molar-refractivity contribution in [1.82, 2.24) is 25.9 Å². The van der Waals surface area contributed by atoms with Crippen LogP contribution in [0.5, 0.6) is 0 Å². The number of rotatable bonds is 15. The number of aromatic amines is 1. The first-order chi connectivity index (χ1) is 16.3. The van der Waals surface area contributed by atoms with Gasteiger partial charge in [0.2, 0.25) is 23.6 Å². The van der Waals surface area contributed by atoms with E-state index in [1.807, 2.05) is 13.8 Å². The van der Waals surface area contributed by atoms with Gasteiger partial charge in [0, 0.05) is 18.3 Å². The highest BCUT2D eigenvalue weighted by atomic mass is 16.4. The lowest BCUT2D eigenvalue weighted by Gasteiger charge is -2.26. The molecule has 9 N–H and O–H groups in total. The molecule has 0 bridgehead atoms. The zero-order valence-electron chi connectivity index (χ0n) is 20.5. The second-order valence-corrected chi connectivity index (χ2v) is 9.02. The van der Waals surface area contributed by atoms with E-state index in [2.05, 4.69) is 25.9 Å². The second-order valence-electron chi connectivity index (χ2n) is 9.02. The molecule has 1 heterocycles. The quantitative estimate of drug-likeness (QED) is 0.156. The lowest BCUT2D eigenvalue weighted by molar-refractivity contribution is -0.144. The number of carbonyl (C=O) groups excluding carboxylic acids is 4. The number of aliphatic carboxylic acids is 1. The molecule has 4 amide bonds. The van der Waals surface area contributed by atoms with E-state index < -0.39 is 66.1 Å². The van der Waals surface area contributed by atoms with Crippen LogP contribution in [0.3, 0.4) is 0 Å². The number of hydrogen-bond acceptors (Lipinski definition) is 7. The lowest BCUT2D eigenvalue weighted by atomic mass is 9.98. The van der Waals surface area contributed by atoms with Gasteiger partial charge < -0.3 is 37.5 Å². The fourth-order valence-corrected chi connectivity index (χ4v) is 3.33. The number of hydrogen-bond donors (Lipinski definition) is 7. The Hall–Kier alpha value is -3.48. The number of carboxylic acids is 1. The Labute approximate surface area is 204 Å². The van der Waals surface area contributed by atoms with Crippen LogP contribution in [0.25, 0.3) is 0 Å². The van der Waals surface area contributed by atoms with Gasteiger partial charge in [0.15, 0.2) is 0 Å². The Morgan fingerprint density at radius 2 is 1.63 bits per heavy atom. The molecule has 35 heavy (non-hydrogen) atoms. The summed E-state index contributed by atoms with van der Waals surface area (Å²) in [7, 11) is 0. The topological polar surface area (TPSA) is 222 Å². The van der Waals surface area contributed by atoms with Crippen LogP contribution in [0.15, 0.2) is 12.5 Å². The molecule has 0 saturated carbocycles. The fraction of sp³-hybridized carbons (Fsp3) is 0.636. The molecular weight excluding hydrogens is 458 g/mol. The third kappa shape index (κ3) is 10.1. The van der Waals surface area contributed by atoms with Gasteiger partial charge in [0.25, 0.3) is 0 Å². The van der Waals surface area contributed by atoms with Crippen LogP contribution in [-0.4, -0.2) is 68.8 Å². The summed E-state index contributed by atoms with van der Waals surface area (Å²) in [6.45, 7) is 7.11. The molecule has 1 aromatic heterocycles. The molecule has 1 aromatic rings. The van der Waals surface area contributed by atoms with Crippen molar-refractivity contribution >= 4 is 29.6 Å². The number of imidazole rings is 1. The highest BCUT2D eigenvalue weighted by Gasteiger charge is 2.33. The maximum Gasteiger partial charge on any atom is 0.326 e. The van der Waals surface area contributed by atoms with Crippen LogP contribution in [0.4, 0.5) is 0 Å². The Balaban J connectivity index is 2.97. The van der Waals surface area contributed by atoms with Gasteiger partial charge in [-0.1, -0.05) is 34.1 Å². The van der Waals surface area contributed by atoms with E-state index >= 15 is 0 Å². The highest BCUT2D eigenvalue weighted by Crippen LogP contribution is 2.10. The standard InChI is InChI=1S/C22H37N7O6/c1-5-12(4)18(22(34)35)29-21(33)16(8-17(24)30)28-20(32)15(6-11(2)3)27-19(31)14(23)7-13-9-25-10-26-13/h9-12,14-16,18H,5-8,23H2,1-4H3,(H2,24,30)(H,25,26)(H,27,31)(H,28,32)(H,29,33)(H,34,35). The molecule has 0 saturated heterocycles. The molecule has 5 atom stereocenters. The number of nitrogens with one attached hydrogen (secondary N) is 4. The summed E-state index contributed by atoms with van der Waals surface area (Å²) in [4.78, 5) is 68.3. The zero-order chi connectivity index (χ0) is 26.7. The van der Waals surface area contributed by atoms with E-state index in [1.54, 1.807) is 13.8 Å². The van der Waals surface area contributed by atoms with Gasteiger partial charge >= 0.3 is 5.97 Å². The first kappa shape index (κ1) is 29.6. The number of carbonyl (C=O) groups is 5. The molecule has 0 radical (unpaired) electrons. The normalized spacial score (nSPS) is 15.4. The maximum absolute atomic E-state index is 13.0. The van der Waals surface area contributed by atoms with E-state index in [4.69, 9.17) is 11.5 Å². The van der Waals surface area contributed by atoms with Crippen molar-refractivity contribution in [2.75, 3.05) is 0 Å². The summed E-state index contributed by atoms with van der Waals surface area (Å²) in [6, 6.07) is -4.65. The molecule has 0 spiro atoms. The molecule has 1 rings (SSSR count). The van der Waals surface area contributed by atoms with Crippen LogP contribution in [0.2, 0.25) is 0 Å². The first-order valence-corrected chi connectivity index (χ1v) is 11.5. The van der Waals surface area contributed by atoms with Crippen molar-refractivity contribution in [1.29, 1.82) is 0 Å². The number of amides is 4. The average molecular weight is 496 g/mol. The summed E-state index contributed by atoms with van der Waals surface area (Å²) in [5.74, 6) is -4.70. The van der Waals surface area contributed by atoms with Crippen molar-refractivity contribution in [2.24, 2.45) is 23.3 Å². The summed E-state index contributed by atoms with van der Waals surface area (Å²) in [5, 5.41) is 16.8. The van der Waals surface area contributed by atoms with Gasteiger partial charge in [-0.3, -0.25) is 19.2 Å². The maximum atomic E-state index is 13.0. The van der Waals surface area contributed by atoms with Crippen LogP contribution in [0.1, 0.15) is 52.7 Å². The third-order valence-electron chi connectivity index (χ3n) is 5.49. The van der Waals surface area contributed by atoms with E-state index in [9.17, 15) is 29.1 Å². The highest BCUT2D eigenvalue weighted by molar-refractivity contribution is 5.96. The van der Waals surface area contributed by atoms with Gasteiger partial charge in [-0.25, -0.2) is 9.78 Å². The predicted molar refractivity (Wildman–Crippen MR) is 126 cm³/mol. The fourth-order valence-electron chi connectivity index (χ4n) is 3.33. The number of aromatic nitrogens is 2. The van der Waals surface area contributed by atoms with Gasteiger partial charge in [0.1, 0.15) is 18.1 Å². The molecule has 0 aliphatic heterocycles. The van der Waals surface area contributed by atoms with Crippen molar-refractivity contribution in [2.45, 2.75) is 77.5 Å². The Morgan fingerprint density at radius 1 is 1.03 bits per heavy atom. The summed E-state index contributed by atoms with van der Waals surface area (Å²) in [5.41, 5.74) is 11.8. The number of nitrogens with zero attached hydrogens (tertiary/aromatic N) is 1. The average Bonchev–Trinajstić information content (AvgIpc) is 3.27. The van der Waals surface area contributed by atoms with Crippen LogP contribution < -0.4 is 27.4 Å². The van der Waals surface area contributed by atoms with Gasteiger partial charge in [-0.2, -0.15) is 0 Å². The lowest BCUT2D eigenvalue weighted by Crippen LogP contribution is -2.58. The number of primary amides is 1. The smallest absolute Gasteiger partial charge is 0.326 e. The monoisotopic (exact) mass is 495 g/mol. The molecule has 0 aliphatic rings. The van der Waals surface area contributed by atoms with Gasteiger partial charge in [-0.15, -0.1) is 0 Å². The number of carboxylic acid groups (broad SMARTS) is 1. The van der Waals surface area contributed by atoms with E-state index in [0.29, 0.717) is 12.1 Å². The van der Waals surface area contributed by atoms with E-state index in [0.717, 1.165) is 0 Å². The van der Waals surface area contributed by atoms with Crippen molar-refractivity contribution < 1.29 is 29.1 Å². The predicted octanol–water partition coefficient (Wildman–Crippen LogP) is -1.21. The first-order valence-electron chi connectivity index (χ1n) is 11.5. The summed E-state index contributed by atoms with van der Waals surface area (Å²) < 4.78 is 0. The molecule has 13 nitrogen and oxygen atoms in total. The second kappa shape index (κ2) is 14.0. The zero-order valence-corrected chi connectivity index (χ0v) is 20.5. The Kier molecular flexibility index (Phi) is 11.9. The largest absolute Gasteiger partial charge is 0.480 e. The Morgan fingerprint density at radius 3 is 2.11 bits per heavy atom. The van der Waals surface area contributed by atoms with E-state index in [1.165, 1.54) is 12.5 Å². The van der Waals surface area contributed by atoms with Crippen molar-refractivity contribution in [3.8, 4) is 0 Å². The third-order valence-corrected chi connectivity index (χ3v) is 5.49. The van der Waals surface area contributed by atoms with Crippen molar-refractivity contribution in [3.05, 3.63) is 18.2 Å². The minimum Gasteiger partial charge on any atom is -0.480 e. The molecular formula is C22H37N7O6. The molecule has 0 fully saturated rings. The molecule has 0 aliphatic carbocycles. The van der Waals surface area contributed by atoms with Crippen LogP contribution in [-0.2, 0) is 30.4 Å². The molecule has 196 valence electrons. The minimum atomic E-state index is -1.42. The number of nitrogens with two attached hydrogens (primary N) is 2. The summed E-state index contributed by atoms with van der Waals surface area (Å²) in [6.07, 6.45) is 3.31. The number of H-pyrrole nitrogens is 1. The SMILES string of the molecule is CCC(C)C(NC(=O)C(CC(N)=O)NC(=O)C(CC(C)C)NC(=O)C(N)Cc1cnc[nH]1)C(=O)O.